The summed E-state index contributed by atoms with van der Waals surface area (Å²) >= 11 is 0. The van der Waals surface area contributed by atoms with Crippen LogP contribution < -0.4 is 5.32 Å². The van der Waals surface area contributed by atoms with E-state index in [1.54, 1.807) is 0 Å². The van der Waals surface area contributed by atoms with Gasteiger partial charge in [-0.1, -0.05) is 42.5 Å². The number of hydrogen-bond acceptors (Lipinski definition) is 3. The van der Waals surface area contributed by atoms with Gasteiger partial charge in [0.1, 0.15) is 0 Å². The first-order valence-corrected chi connectivity index (χ1v) is 8.54. The second-order valence-corrected chi connectivity index (χ2v) is 6.49. The highest BCUT2D eigenvalue weighted by Crippen LogP contribution is 2.08. The lowest BCUT2D eigenvalue weighted by Crippen LogP contribution is -2.54. The van der Waals surface area contributed by atoms with E-state index >= 15 is 0 Å². The zero-order valence-corrected chi connectivity index (χ0v) is 14.5. The third-order valence-electron chi connectivity index (χ3n) is 4.24. The van der Waals surface area contributed by atoms with Gasteiger partial charge >= 0.3 is 0 Å². The minimum absolute atomic E-state index is 0.0422. The maximum atomic E-state index is 12.1. The molecular weight excluding hydrogens is 286 g/mol. The van der Waals surface area contributed by atoms with E-state index in [0.717, 1.165) is 32.7 Å². The molecule has 0 bridgehead atoms. The van der Waals surface area contributed by atoms with Gasteiger partial charge in [0.25, 0.3) is 0 Å². The second-order valence-electron chi connectivity index (χ2n) is 6.49. The number of nitrogens with one attached hydrogen (secondary N) is 1. The van der Waals surface area contributed by atoms with E-state index in [2.05, 4.69) is 51.5 Å². The van der Waals surface area contributed by atoms with Gasteiger partial charge in [0, 0.05) is 38.8 Å². The van der Waals surface area contributed by atoms with Crippen molar-refractivity contribution >= 4 is 12.0 Å². The highest BCUT2D eigenvalue weighted by molar-refractivity contribution is 5.81. The number of carbonyl (C=O) groups excluding carboxylic acids is 1. The molecule has 1 N–H and O–H groups in total. The quantitative estimate of drug-likeness (QED) is 0.874. The van der Waals surface area contributed by atoms with E-state index in [1.807, 2.05) is 26.8 Å². The molecule has 1 fully saturated rings. The molecule has 0 aliphatic carbocycles. The molecule has 1 atom stereocenters. The summed E-state index contributed by atoms with van der Waals surface area (Å²) in [7, 11) is 0. The highest BCUT2D eigenvalue weighted by atomic mass is 16.2. The van der Waals surface area contributed by atoms with E-state index in [1.165, 1.54) is 5.56 Å². The number of rotatable bonds is 6. The predicted octanol–water partition coefficient (Wildman–Crippen LogP) is 2.23. The second kappa shape index (κ2) is 8.85. The molecule has 1 aliphatic heterocycles. The molecule has 2 rings (SSSR count). The minimum Gasteiger partial charge on any atom is -0.353 e. The molecular formula is C19H29N3O. The predicted molar refractivity (Wildman–Crippen MR) is 96.2 cm³/mol. The average Bonchev–Trinajstić information content (AvgIpc) is 2.55. The Morgan fingerprint density at radius 2 is 1.78 bits per heavy atom. The summed E-state index contributed by atoms with van der Waals surface area (Å²) in [6, 6.07) is 10.5. The van der Waals surface area contributed by atoms with Crippen LogP contribution in [0.15, 0.2) is 36.4 Å². The van der Waals surface area contributed by atoms with Gasteiger partial charge in [0.05, 0.1) is 6.04 Å². The van der Waals surface area contributed by atoms with Gasteiger partial charge in [0.2, 0.25) is 5.91 Å². The Morgan fingerprint density at radius 3 is 2.39 bits per heavy atom. The molecule has 1 amide bonds. The van der Waals surface area contributed by atoms with Crippen LogP contribution in [-0.2, 0) is 4.79 Å². The van der Waals surface area contributed by atoms with Crippen molar-refractivity contribution in [1.82, 2.24) is 15.1 Å². The van der Waals surface area contributed by atoms with Crippen LogP contribution in [0.4, 0.5) is 0 Å². The summed E-state index contributed by atoms with van der Waals surface area (Å²) in [5.41, 5.74) is 1.24. The molecule has 0 aromatic heterocycles. The van der Waals surface area contributed by atoms with E-state index in [0.29, 0.717) is 0 Å². The van der Waals surface area contributed by atoms with Crippen LogP contribution in [0.25, 0.3) is 6.08 Å². The fraction of sp³-hybridized carbons (Fsp3) is 0.526. The average molecular weight is 315 g/mol. The first-order valence-electron chi connectivity index (χ1n) is 8.54. The third-order valence-corrected chi connectivity index (χ3v) is 4.24. The largest absolute Gasteiger partial charge is 0.353 e. The topological polar surface area (TPSA) is 35.6 Å². The molecule has 1 heterocycles. The number of benzene rings is 1. The van der Waals surface area contributed by atoms with Gasteiger partial charge in [-0.05, 0) is 26.3 Å². The maximum absolute atomic E-state index is 12.1. The summed E-state index contributed by atoms with van der Waals surface area (Å²) in [5.74, 6) is 0.137. The van der Waals surface area contributed by atoms with E-state index < -0.39 is 0 Å². The third kappa shape index (κ3) is 5.81. The van der Waals surface area contributed by atoms with Crippen LogP contribution in [0.3, 0.4) is 0 Å². The highest BCUT2D eigenvalue weighted by Gasteiger charge is 2.25. The van der Waals surface area contributed by atoms with Crippen LogP contribution in [-0.4, -0.2) is 60.5 Å². The van der Waals surface area contributed by atoms with Crippen molar-refractivity contribution in [3.05, 3.63) is 42.0 Å². The Balaban J connectivity index is 1.73. The molecule has 0 saturated carbocycles. The zero-order chi connectivity index (χ0) is 16.7. The molecule has 0 spiro atoms. The summed E-state index contributed by atoms with van der Waals surface area (Å²) < 4.78 is 0. The van der Waals surface area contributed by atoms with Gasteiger partial charge in [-0.3, -0.25) is 14.6 Å². The zero-order valence-electron chi connectivity index (χ0n) is 14.5. The van der Waals surface area contributed by atoms with E-state index in [9.17, 15) is 4.79 Å². The number of piperazine rings is 1. The number of nitrogens with zero attached hydrogens (tertiary/aromatic N) is 2. The number of hydrogen-bond donors (Lipinski definition) is 1. The van der Waals surface area contributed by atoms with Crippen molar-refractivity contribution in [3.63, 3.8) is 0 Å². The Labute approximate surface area is 140 Å². The lowest BCUT2D eigenvalue weighted by molar-refractivity contribution is -0.127. The standard InChI is InChI=1S/C19H29N3O/c1-16(2)20-19(23)17(3)22-14-12-21(13-15-22)11-7-10-18-8-5-4-6-9-18/h4-10,16-17H,11-15H2,1-3H3,(H,20,23)/b10-7+. The van der Waals surface area contributed by atoms with E-state index in [4.69, 9.17) is 0 Å². The minimum atomic E-state index is -0.0422. The van der Waals surface area contributed by atoms with Crippen molar-refractivity contribution in [2.75, 3.05) is 32.7 Å². The summed E-state index contributed by atoms with van der Waals surface area (Å²) in [6.07, 6.45) is 4.39. The van der Waals surface area contributed by atoms with Crippen molar-refractivity contribution < 1.29 is 4.79 Å². The van der Waals surface area contributed by atoms with Crippen molar-refractivity contribution in [2.24, 2.45) is 0 Å². The van der Waals surface area contributed by atoms with Crippen LogP contribution in [0.1, 0.15) is 26.3 Å². The van der Waals surface area contributed by atoms with Crippen LogP contribution in [0, 0.1) is 0 Å². The SMILES string of the molecule is CC(C)NC(=O)C(C)N1CCN(C/C=C/c2ccccc2)CC1. The molecule has 1 aromatic carbocycles. The van der Waals surface area contributed by atoms with Crippen molar-refractivity contribution in [2.45, 2.75) is 32.9 Å². The first-order chi connectivity index (χ1) is 11.1. The molecule has 4 nitrogen and oxygen atoms in total. The van der Waals surface area contributed by atoms with Crippen LogP contribution >= 0.6 is 0 Å². The maximum Gasteiger partial charge on any atom is 0.237 e. The lowest BCUT2D eigenvalue weighted by Gasteiger charge is -2.37. The number of carbonyl (C=O) groups is 1. The molecule has 23 heavy (non-hydrogen) atoms. The molecule has 1 unspecified atom stereocenters. The normalized spacial score (nSPS) is 18.4. The van der Waals surface area contributed by atoms with Gasteiger partial charge in [-0.15, -0.1) is 0 Å². The van der Waals surface area contributed by atoms with Gasteiger partial charge in [-0.2, -0.15) is 0 Å². The smallest absolute Gasteiger partial charge is 0.237 e. The fourth-order valence-electron chi connectivity index (χ4n) is 2.81. The Morgan fingerprint density at radius 1 is 1.13 bits per heavy atom. The molecule has 0 radical (unpaired) electrons. The molecule has 1 aliphatic rings. The van der Waals surface area contributed by atoms with Crippen LogP contribution in [0.2, 0.25) is 0 Å². The van der Waals surface area contributed by atoms with Crippen molar-refractivity contribution in [3.8, 4) is 0 Å². The first kappa shape index (κ1) is 17.7. The summed E-state index contributed by atoms with van der Waals surface area (Å²) in [5, 5.41) is 3.00. The monoisotopic (exact) mass is 315 g/mol. The van der Waals surface area contributed by atoms with Gasteiger partial charge < -0.3 is 5.32 Å². The van der Waals surface area contributed by atoms with Crippen molar-refractivity contribution in [1.29, 1.82) is 0 Å². The molecule has 4 heteroatoms. The number of amides is 1. The molecule has 126 valence electrons. The Hall–Kier alpha value is -1.65. The van der Waals surface area contributed by atoms with Gasteiger partial charge in [-0.25, -0.2) is 0 Å². The van der Waals surface area contributed by atoms with Gasteiger partial charge in [0.15, 0.2) is 0 Å². The fourth-order valence-corrected chi connectivity index (χ4v) is 2.81. The van der Waals surface area contributed by atoms with E-state index in [-0.39, 0.29) is 18.0 Å². The Kier molecular flexibility index (Phi) is 6.81. The summed E-state index contributed by atoms with van der Waals surface area (Å²) in [4.78, 5) is 16.8. The van der Waals surface area contributed by atoms with Crippen LogP contribution in [0.5, 0.6) is 0 Å². The molecule has 1 saturated heterocycles. The Bertz CT molecular complexity index is 505. The lowest BCUT2D eigenvalue weighted by atomic mass is 10.2. The summed E-state index contributed by atoms with van der Waals surface area (Å²) in [6.45, 7) is 10.9. The molecule has 1 aromatic rings.